The SMILES string of the molecule is CCCOc1cc(OC)ccc1C(=O)NCCC(C)(C)C(=O)O. The molecule has 0 bridgehead atoms. The van der Waals surface area contributed by atoms with Crippen molar-refractivity contribution in [2.75, 3.05) is 20.3 Å². The molecule has 128 valence electrons. The smallest absolute Gasteiger partial charge is 0.309 e. The van der Waals surface area contributed by atoms with Crippen molar-refractivity contribution < 1.29 is 24.2 Å². The summed E-state index contributed by atoms with van der Waals surface area (Å²) in [4.78, 5) is 23.4. The third-order valence-electron chi connectivity index (χ3n) is 3.51. The molecular formula is C17H25NO5. The molecule has 6 nitrogen and oxygen atoms in total. The van der Waals surface area contributed by atoms with Crippen molar-refractivity contribution in [3.8, 4) is 11.5 Å². The van der Waals surface area contributed by atoms with Gasteiger partial charge < -0.3 is 19.9 Å². The van der Waals surface area contributed by atoms with Gasteiger partial charge in [0.25, 0.3) is 5.91 Å². The van der Waals surface area contributed by atoms with Crippen molar-refractivity contribution in [2.24, 2.45) is 5.41 Å². The highest BCUT2D eigenvalue weighted by molar-refractivity contribution is 5.97. The van der Waals surface area contributed by atoms with Crippen LogP contribution in [0.4, 0.5) is 0 Å². The maximum Gasteiger partial charge on any atom is 0.309 e. The van der Waals surface area contributed by atoms with Crippen LogP contribution in [0.5, 0.6) is 11.5 Å². The molecule has 1 aromatic rings. The lowest BCUT2D eigenvalue weighted by Crippen LogP contribution is -2.32. The van der Waals surface area contributed by atoms with Gasteiger partial charge in [0, 0.05) is 12.6 Å². The van der Waals surface area contributed by atoms with E-state index in [-0.39, 0.29) is 12.5 Å². The monoisotopic (exact) mass is 323 g/mol. The normalized spacial score (nSPS) is 11.0. The molecule has 6 heteroatoms. The van der Waals surface area contributed by atoms with Crippen LogP contribution in [0, 0.1) is 5.41 Å². The van der Waals surface area contributed by atoms with E-state index >= 15 is 0 Å². The molecule has 0 unspecified atom stereocenters. The van der Waals surface area contributed by atoms with Crippen LogP contribution >= 0.6 is 0 Å². The summed E-state index contributed by atoms with van der Waals surface area (Å²) in [6.45, 7) is 6.01. The highest BCUT2D eigenvalue weighted by Crippen LogP contribution is 2.25. The van der Waals surface area contributed by atoms with Gasteiger partial charge in [-0.3, -0.25) is 9.59 Å². The Hall–Kier alpha value is -2.24. The zero-order chi connectivity index (χ0) is 17.5. The number of carbonyl (C=O) groups is 2. The van der Waals surface area contributed by atoms with Gasteiger partial charge >= 0.3 is 5.97 Å². The maximum absolute atomic E-state index is 12.3. The Labute approximate surface area is 136 Å². The lowest BCUT2D eigenvalue weighted by Gasteiger charge is -2.19. The fourth-order valence-electron chi connectivity index (χ4n) is 1.84. The lowest BCUT2D eigenvalue weighted by molar-refractivity contribution is -0.147. The summed E-state index contributed by atoms with van der Waals surface area (Å²) in [5.74, 6) is -0.107. The first kappa shape index (κ1) is 18.8. The van der Waals surface area contributed by atoms with Gasteiger partial charge in [0.05, 0.1) is 24.7 Å². The minimum atomic E-state index is -0.886. The second-order valence-corrected chi connectivity index (χ2v) is 5.91. The Morgan fingerprint density at radius 2 is 2.00 bits per heavy atom. The molecule has 0 aliphatic rings. The summed E-state index contributed by atoms with van der Waals surface area (Å²) in [6, 6.07) is 5.00. The molecule has 23 heavy (non-hydrogen) atoms. The second-order valence-electron chi connectivity index (χ2n) is 5.91. The Kier molecular flexibility index (Phi) is 6.88. The summed E-state index contributed by atoms with van der Waals surface area (Å²) >= 11 is 0. The van der Waals surface area contributed by atoms with Gasteiger partial charge in [-0.25, -0.2) is 0 Å². The maximum atomic E-state index is 12.3. The number of carbonyl (C=O) groups excluding carboxylic acids is 1. The molecule has 0 aromatic heterocycles. The average molecular weight is 323 g/mol. The van der Waals surface area contributed by atoms with Crippen LogP contribution in [0.3, 0.4) is 0 Å². The van der Waals surface area contributed by atoms with Crippen LogP contribution in [0.15, 0.2) is 18.2 Å². The van der Waals surface area contributed by atoms with Gasteiger partial charge in [-0.1, -0.05) is 6.92 Å². The van der Waals surface area contributed by atoms with Crippen LogP contribution in [0.1, 0.15) is 44.0 Å². The van der Waals surface area contributed by atoms with Crippen molar-refractivity contribution in [1.82, 2.24) is 5.32 Å². The molecule has 1 rings (SSSR count). The van der Waals surface area contributed by atoms with Crippen molar-refractivity contribution in [2.45, 2.75) is 33.6 Å². The number of nitrogens with one attached hydrogen (secondary N) is 1. The lowest BCUT2D eigenvalue weighted by atomic mass is 9.90. The van der Waals surface area contributed by atoms with Crippen molar-refractivity contribution in [1.29, 1.82) is 0 Å². The summed E-state index contributed by atoms with van der Waals surface area (Å²) in [5.41, 5.74) is -0.471. The van der Waals surface area contributed by atoms with E-state index in [0.29, 0.717) is 30.1 Å². The van der Waals surface area contributed by atoms with Gasteiger partial charge in [0.15, 0.2) is 0 Å². The highest BCUT2D eigenvalue weighted by Gasteiger charge is 2.26. The fourth-order valence-corrected chi connectivity index (χ4v) is 1.84. The van der Waals surface area contributed by atoms with E-state index in [9.17, 15) is 9.59 Å². The van der Waals surface area contributed by atoms with E-state index in [1.165, 1.54) is 0 Å². The molecule has 0 spiro atoms. The number of benzene rings is 1. The Morgan fingerprint density at radius 3 is 2.57 bits per heavy atom. The van der Waals surface area contributed by atoms with E-state index in [1.54, 1.807) is 39.2 Å². The fraction of sp³-hybridized carbons (Fsp3) is 0.529. The largest absolute Gasteiger partial charge is 0.497 e. The topological polar surface area (TPSA) is 84.9 Å². The highest BCUT2D eigenvalue weighted by atomic mass is 16.5. The van der Waals surface area contributed by atoms with E-state index < -0.39 is 11.4 Å². The molecule has 1 aromatic carbocycles. The number of aliphatic carboxylic acids is 1. The number of hydrogen-bond acceptors (Lipinski definition) is 4. The third-order valence-corrected chi connectivity index (χ3v) is 3.51. The van der Waals surface area contributed by atoms with Crippen molar-refractivity contribution >= 4 is 11.9 Å². The second kappa shape index (κ2) is 8.41. The predicted octanol–water partition coefficient (Wildman–Crippen LogP) is 2.71. The predicted molar refractivity (Wildman–Crippen MR) is 87.1 cm³/mol. The number of ether oxygens (including phenoxy) is 2. The quantitative estimate of drug-likeness (QED) is 0.730. The Balaban J connectivity index is 2.76. The zero-order valence-corrected chi connectivity index (χ0v) is 14.1. The van der Waals surface area contributed by atoms with Crippen LogP contribution < -0.4 is 14.8 Å². The number of amides is 1. The molecule has 0 aliphatic heterocycles. The number of hydrogen-bond donors (Lipinski definition) is 2. The molecule has 0 fully saturated rings. The molecule has 1 amide bonds. The van der Waals surface area contributed by atoms with E-state index in [1.807, 2.05) is 6.92 Å². The zero-order valence-electron chi connectivity index (χ0n) is 14.1. The van der Waals surface area contributed by atoms with Gasteiger partial charge in [0.2, 0.25) is 0 Å². The molecule has 0 radical (unpaired) electrons. The van der Waals surface area contributed by atoms with Crippen LogP contribution in [-0.4, -0.2) is 37.2 Å². The first-order chi connectivity index (χ1) is 10.8. The Bertz CT molecular complexity index is 554. The standard InChI is InChI=1S/C17H25NO5/c1-5-10-23-14-11-12(22-4)6-7-13(14)15(19)18-9-8-17(2,3)16(20)21/h6-7,11H,5,8-10H2,1-4H3,(H,18,19)(H,20,21). The number of carboxylic acid groups (broad SMARTS) is 1. The van der Waals surface area contributed by atoms with E-state index in [2.05, 4.69) is 5.32 Å². The summed E-state index contributed by atoms with van der Waals surface area (Å²) in [5, 5.41) is 11.8. The molecule has 0 aliphatic carbocycles. The van der Waals surface area contributed by atoms with E-state index in [4.69, 9.17) is 14.6 Å². The molecule has 0 heterocycles. The van der Waals surface area contributed by atoms with Crippen LogP contribution in [0.25, 0.3) is 0 Å². The summed E-state index contributed by atoms with van der Waals surface area (Å²) in [7, 11) is 1.55. The van der Waals surface area contributed by atoms with Crippen LogP contribution in [-0.2, 0) is 4.79 Å². The minimum Gasteiger partial charge on any atom is -0.497 e. The molecule has 2 N–H and O–H groups in total. The van der Waals surface area contributed by atoms with Gasteiger partial charge in [-0.05, 0) is 38.8 Å². The first-order valence-electron chi connectivity index (χ1n) is 7.64. The van der Waals surface area contributed by atoms with E-state index in [0.717, 1.165) is 6.42 Å². The summed E-state index contributed by atoms with van der Waals surface area (Å²) in [6.07, 6.45) is 1.17. The van der Waals surface area contributed by atoms with Crippen molar-refractivity contribution in [3.05, 3.63) is 23.8 Å². The molecule has 0 atom stereocenters. The summed E-state index contributed by atoms with van der Waals surface area (Å²) < 4.78 is 10.7. The van der Waals surface area contributed by atoms with Crippen molar-refractivity contribution in [3.63, 3.8) is 0 Å². The Morgan fingerprint density at radius 1 is 1.30 bits per heavy atom. The first-order valence-corrected chi connectivity index (χ1v) is 7.64. The average Bonchev–Trinajstić information content (AvgIpc) is 2.52. The van der Waals surface area contributed by atoms with Crippen LogP contribution in [0.2, 0.25) is 0 Å². The van der Waals surface area contributed by atoms with Gasteiger partial charge in [-0.2, -0.15) is 0 Å². The molecular weight excluding hydrogens is 298 g/mol. The number of carboxylic acids is 1. The number of methoxy groups -OCH3 is 1. The molecule has 0 saturated heterocycles. The number of rotatable bonds is 9. The molecule has 0 saturated carbocycles. The minimum absolute atomic E-state index is 0.275. The third kappa shape index (κ3) is 5.47. The van der Waals surface area contributed by atoms with Gasteiger partial charge in [-0.15, -0.1) is 0 Å². The van der Waals surface area contributed by atoms with Gasteiger partial charge in [0.1, 0.15) is 11.5 Å².